The maximum atomic E-state index is 5.25. The van der Waals surface area contributed by atoms with E-state index in [1.165, 1.54) is 11.5 Å². The van der Waals surface area contributed by atoms with Crippen LogP contribution in [0.4, 0.5) is 0 Å². The zero-order chi connectivity index (χ0) is 6.41. The second-order valence-corrected chi connectivity index (χ2v) is 1.43. The first kappa shape index (κ1) is 7.23. The molecule has 0 atom stereocenters. The van der Waals surface area contributed by atoms with E-state index in [0.29, 0.717) is 0 Å². The van der Waals surface area contributed by atoms with Crippen molar-refractivity contribution < 1.29 is 0 Å². The summed E-state index contributed by atoms with van der Waals surface area (Å²) in [5.74, 6) is 5.25. The van der Waals surface area contributed by atoms with Crippen LogP contribution in [0.2, 0.25) is 0 Å². The van der Waals surface area contributed by atoms with Gasteiger partial charge in [0, 0.05) is 0 Å². The van der Waals surface area contributed by atoms with Crippen LogP contribution in [-0.2, 0) is 0 Å². The first-order chi connectivity index (χ1) is 3.81. The van der Waals surface area contributed by atoms with Crippen LogP contribution in [0.25, 0.3) is 0 Å². The van der Waals surface area contributed by atoms with Gasteiger partial charge in [0.25, 0.3) is 0 Å². The molecule has 48 valence electrons. The number of hydrogen-bond acceptors (Lipinski definition) is 3. The average molecular weight is 116 g/mol. The normalized spacial score (nSPS) is 10.2. The third kappa shape index (κ3) is 3.42. The highest BCUT2D eigenvalue weighted by Crippen LogP contribution is 1.79. The zero-order valence-electron chi connectivity index (χ0n) is 5.04. The summed E-state index contributed by atoms with van der Waals surface area (Å²) in [6, 6.07) is 0. The molecular formula is C4H12N4. The summed E-state index contributed by atoms with van der Waals surface area (Å²) >= 11 is 0. The fourth-order valence-corrected chi connectivity index (χ4v) is 0.372. The highest BCUT2D eigenvalue weighted by atomic mass is 15.6. The molecule has 0 aromatic carbocycles. The molecule has 0 aliphatic carbocycles. The molecule has 4 heteroatoms. The van der Waals surface area contributed by atoms with Crippen molar-refractivity contribution in [3.8, 4) is 0 Å². The van der Waals surface area contributed by atoms with E-state index in [9.17, 15) is 0 Å². The van der Waals surface area contributed by atoms with E-state index in [4.69, 9.17) is 11.6 Å². The second-order valence-electron chi connectivity index (χ2n) is 1.43. The molecule has 0 aliphatic rings. The lowest BCUT2D eigenvalue weighted by Gasteiger charge is -2.07. The van der Waals surface area contributed by atoms with Crippen molar-refractivity contribution in [2.45, 2.75) is 13.3 Å². The van der Waals surface area contributed by atoms with E-state index in [0.717, 1.165) is 13.0 Å². The van der Waals surface area contributed by atoms with E-state index < -0.39 is 0 Å². The maximum absolute atomic E-state index is 5.25. The average Bonchev–Trinajstić information content (AvgIpc) is 1.68. The molecule has 0 amide bonds. The van der Waals surface area contributed by atoms with Crippen molar-refractivity contribution >= 4 is 6.34 Å². The quantitative estimate of drug-likeness (QED) is 0.225. The Morgan fingerprint density at radius 2 is 2.38 bits per heavy atom. The molecule has 0 spiro atoms. The van der Waals surface area contributed by atoms with Crippen LogP contribution in [0.5, 0.6) is 0 Å². The van der Waals surface area contributed by atoms with Crippen LogP contribution in [0.1, 0.15) is 13.3 Å². The standard InChI is InChI=1S/C4H12N4/c1-2-3-8(6)7-4-5/h4H,2-3,6H2,1H3,(H2,5,7). The molecule has 0 fully saturated rings. The van der Waals surface area contributed by atoms with Gasteiger partial charge in [-0.15, -0.1) is 0 Å². The Hall–Kier alpha value is -0.770. The number of rotatable bonds is 3. The van der Waals surface area contributed by atoms with Crippen LogP contribution >= 0.6 is 0 Å². The summed E-state index contributed by atoms with van der Waals surface area (Å²) in [6.07, 6.45) is 2.16. The summed E-state index contributed by atoms with van der Waals surface area (Å²) in [7, 11) is 0. The number of nitrogens with two attached hydrogens (primary N) is 2. The Labute approximate surface area is 49.1 Å². The second kappa shape index (κ2) is 4.39. The topological polar surface area (TPSA) is 67.6 Å². The van der Waals surface area contributed by atoms with Crippen LogP contribution in [0.3, 0.4) is 0 Å². The first-order valence-electron chi connectivity index (χ1n) is 2.57. The minimum absolute atomic E-state index is 0.744. The van der Waals surface area contributed by atoms with Crippen LogP contribution in [0, 0.1) is 0 Å². The molecule has 0 aromatic rings. The zero-order valence-corrected chi connectivity index (χ0v) is 5.04. The summed E-state index contributed by atoms with van der Waals surface area (Å²) in [6.45, 7) is 2.76. The smallest absolute Gasteiger partial charge is 0.107 e. The fourth-order valence-electron chi connectivity index (χ4n) is 0.372. The molecule has 0 saturated heterocycles. The van der Waals surface area contributed by atoms with Gasteiger partial charge in [-0.25, -0.2) is 11.0 Å². The minimum atomic E-state index is 0.744. The van der Waals surface area contributed by atoms with E-state index in [1.54, 1.807) is 0 Å². The van der Waals surface area contributed by atoms with Crippen LogP contribution < -0.4 is 11.6 Å². The van der Waals surface area contributed by atoms with Crippen molar-refractivity contribution in [3.63, 3.8) is 0 Å². The van der Waals surface area contributed by atoms with Crippen molar-refractivity contribution in [1.29, 1.82) is 0 Å². The lowest BCUT2D eigenvalue weighted by molar-refractivity contribution is 0.301. The molecule has 0 aromatic heterocycles. The summed E-state index contributed by atoms with van der Waals surface area (Å²) in [5.41, 5.74) is 4.95. The lowest BCUT2D eigenvalue weighted by Crippen LogP contribution is -2.26. The highest BCUT2D eigenvalue weighted by Gasteiger charge is 1.84. The number of nitrogens with zero attached hydrogens (tertiary/aromatic N) is 2. The van der Waals surface area contributed by atoms with Gasteiger partial charge in [-0.3, -0.25) is 0 Å². The highest BCUT2D eigenvalue weighted by molar-refractivity contribution is 5.50. The van der Waals surface area contributed by atoms with Crippen molar-refractivity contribution in [2.24, 2.45) is 16.7 Å². The van der Waals surface area contributed by atoms with Gasteiger partial charge in [0.15, 0.2) is 0 Å². The van der Waals surface area contributed by atoms with Gasteiger partial charge in [-0.05, 0) is 6.42 Å². The third-order valence-corrected chi connectivity index (χ3v) is 0.668. The van der Waals surface area contributed by atoms with Crippen molar-refractivity contribution in [3.05, 3.63) is 0 Å². The molecule has 0 aliphatic heterocycles. The number of hydrazine groups is 1. The van der Waals surface area contributed by atoms with Gasteiger partial charge in [0.2, 0.25) is 0 Å². The Balaban J connectivity index is 3.17. The van der Waals surface area contributed by atoms with Crippen LogP contribution in [-0.4, -0.2) is 18.0 Å². The van der Waals surface area contributed by atoms with Gasteiger partial charge >= 0.3 is 0 Å². The van der Waals surface area contributed by atoms with Gasteiger partial charge in [-0.1, -0.05) is 6.92 Å². The molecule has 0 rings (SSSR count). The molecule has 4 nitrogen and oxygen atoms in total. The maximum Gasteiger partial charge on any atom is 0.107 e. The monoisotopic (exact) mass is 116 g/mol. The molecule has 0 saturated carbocycles. The molecule has 0 bridgehead atoms. The Kier molecular flexibility index (Phi) is 3.97. The Morgan fingerprint density at radius 1 is 1.75 bits per heavy atom. The van der Waals surface area contributed by atoms with Gasteiger partial charge in [0.1, 0.15) is 6.34 Å². The van der Waals surface area contributed by atoms with Crippen molar-refractivity contribution in [2.75, 3.05) is 6.54 Å². The molecular weight excluding hydrogens is 104 g/mol. The SMILES string of the molecule is CCCN(N)/N=C\N. The summed E-state index contributed by atoms with van der Waals surface area (Å²) < 4.78 is 0. The van der Waals surface area contributed by atoms with Crippen LogP contribution in [0.15, 0.2) is 5.10 Å². The molecule has 0 unspecified atom stereocenters. The van der Waals surface area contributed by atoms with Gasteiger partial charge < -0.3 is 5.73 Å². The Morgan fingerprint density at radius 3 is 2.75 bits per heavy atom. The fraction of sp³-hybridized carbons (Fsp3) is 0.750. The largest absolute Gasteiger partial charge is 0.388 e. The molecule has 0 heterocycles. The number of hydrazone groups is 1. The van der Waals surface area contributed by atoms with E-state index >= 15 is 0 Å². The molecule has 8 heavy (non-hydrogen) atoms. The predicted molar refractivity (Wildman–Crippen MR) is 33.9 cm³/mol. The van der Waals surface area contributed by atoms with Gasteiger partial charge in [0.05, 0.1) is 6.54 Å². The third-order valence-electron chi connectivity index (χ3n) is 0.668. The van der Waals surface area contributed by atoms with E-state index in [2.05, 4.69) is 5.10 Å². The van der Waals surface area contributed by atoms with Crippen molar-refractivity contribution in [1.82, 2.24) is 5.12 Å². The minimum Gasteiger partial charge on any atom is -0.388 e. The molecule has 0 radical (unpaired) electrons. The first-order valence-corrected chi connectivity index (χ1v) is 2.57. The summed E-state index contributed by atoms with van der Waals surface area (Å²) in [5, 5.41) is 4.88. The van der Waals surface area contributed by atoms with E-state index in [1.807, 2.05) is 6.92 Å². The molecule has 4 N–H and O–H groups in total. The van der Waals surface area contributed by atoms with Gasteiger partial charge in [-0.2, -0.15) is 5.10 Å². The summed E-state index contributed by atoms with van der Waals surface area (Å²) in [4.78, 5) is 0. The lowest BCUT2D eigenvalue weighted by atomic mass is 10.5. The predicted octanol–water partition coefficient (Wildman–Crippen LogP) is -0.526. The Bertz CT molecular complexity index is 70.4. The van der Waals surface area contributed by atoms with E-state index in [-0.39, 0.29) is 0 Å². The number of hydrogen-bond donors (Lipinski definition) is 2.